The van der Waals surface area contributed by atoms with Crippen LogP contribution in [-0.2, 0) is 6.54 Å². The van der Waals surface area contributed by atoms with E-state index in [-0.39, 0.29) is 0 Å². The normalized spacial score (nSPS) is 19.0. The molecule has 0 unspecified atom stereocenters. The first-order valence-electron chi connectivity index (χ1n) is 7.77. The van der Waals surface area contributed by atoms with E-state index in [0.29, 0.717) is 5.41 Å². The molecule has 0 spiro atoms. The van der Waals surface area contributed by atoms with E-state index in [9.17, 15) is 0 Å². The van der Waals surface area contributed by atoms with Crippen molar-refractivity contribution >= 4 is 15.9 Å². The quantitative estimate of drug-likeness (QED) is 0.816. The van der Waals surface area contributed by atoms with E-state index >= 15 is 0 Å². The Labute approximate surface area is 131 Å². The van der Waals surface area contributed by atoms with Crippen molar-refractivity contribution in [2.24, 2.45) is 11.1 Å². The van der Waals surface area contributed by atoms with Crippen molar-refractivity contribution in [3.63, 3.8) is 0 Å². The molecule has 2 N–H and O–H groups in total. The predicted octanol–water partition coefficient (Wildman–Crippen LogP) is 4.18. The topological polar surface area (TPSA) is 29.3 Å². The van der Waals surface area contributed by atoms with E-state index in [1.165, 1.54) is 44.1 Å². The fourth-order valence-electron chi connectivity index (χ4n) is 3.44. The number of rotatable bonds is 5. The van der Waals surface area contributed by atoms with Gasteiger partial charge in [-0.2, -0.15) is 0 Å². The molecule has 0 amide bonds. The van der Waals surface area contributed by atoms with E-state index < -0.39 is 0 Å². The summed E-state index contributed by atoms with van der Waals surface area (Å²) < 4.78 is 1.14. The zero-order valence-electron chi connectivity index (χ0n) is 12.6. The van der Waals surface area contributed by atoms with Gasteiger partial charge in [0.25, 0.3) is 0 Å². The molecule has 2 rings (SSSR count). The highest BCUT2D eigenvalue weighted by molar-refractivity contribution is 9.10. The van der Waals surface area contributed by atoms with Gasteiger partial charge in [-0.25, -0.2) is 0 Å². The van der Waals surface area contributed by atoms with Crippen LogP contribution in [-0.4, -0.2) is 25.0 Å². The number of halogens is 1. The summed E-state index contributed by atoms with van der Waals surface area (Å²) in [5, 5.41) is 0. The van der Waals surface area contributed by atoms with Crippen molar-refractivity contribution in [3.05, 3.63) is 34.3 Å². The first kappa shape index (κ1) is 16.0. The van der Waals surface area contributed by atoms with Crippen LogP contribution in [0, 0.1) is 5.41 Å². The van der Waals surface area contributed by atoms with Gasteiger partial charge in [0.05, 0.1) is 0 Å². The second-order valence-electron chi connectivity index (χ2n) is 6.42. The fraction of sp³-hybridized carbons (Fsp3) is 0.647. The summed E-state index contributed by atoms with van der Waals surface area (Å²) in [6.07, 6.45) is 8.07. The van der Waals surface area contributed by atoms with Crippen molar-refractivity contribution < 1.29 is 0 Å². The summed E-state index contributed by atoms with van der Waals surface area (Å²) in [7, 11) is 2.23. The highest BCUT2D eigenvalue weighted by atomic mass is 79.9. The van der Waals surface area contributed by atoms with E-state index in [4.69, 9.17) is 5.73 Å². The average molecular weight is 339 g/mol. The van der Waals surface area contributed by atoms with Crippen LogP contribution in [0.3, 0.4) is 0 Å². The van der Waals surface area contributed by atoms with Gasteiger partial charge in [0.15, 0.2) is 0 Å². The van der Waals surface area contributed by atoms with Crippen molar-refractivity contribution in [1.82, 2.24) is 4.90 Å². The number of benzene rings is 1. The van der Waals surface area contributed by atoms with Crippen LogP contribution in [0.2, 0.25) is 0 Å². The summed E-state index contributed by atoms with van der Waals surface area (Å²) in [5.74, 6) is 0. The van der Waals surface area contributed by atoms with Crippen LogP contribution in [0.1, 0.15) is 44.1 Å². The van der Waals surface area contributed by atoms with Crippen LogP contribution in [0.15, 0.2) is 28.7 Å². The summed E-state index contributed by atoms with van der Waals surface area (Å²) in [5.41, 5.74) is 7.86. The second-order valence-corrected chi connectivity index (χ2v) is 7.33. The molecule has 0 atom stereocenters. The molecule has 20 heavy (non-hydrogen) atoms. The molecule has 0 saturated heterocycles. The SMILES string of the molecule is CN(Cc1ccc(Br)cc1)CC1(CN)CCCCCC1. The molecule has 2 nitrogen and oxygen atoms in total. The first-order valence-corrected chi connectivity index (χ1v) is 8.56. The first-order chi connectivity index (χ1) is 9.63. The van der Waals surface area contributed by atoms with Gasteiger partial charge < -0.3 is 10.6 Å². The number of nitrogens with two attached hydrogens (primary N) is 1. The van der Waals surface area contributed by atoms with Crippen LogP contribution in [0.25, 0.3) is 0 Å². The molecule has 1 fully saturated rings. The lowest BCUT2D eigenvalue weighted by Crippen LogP contribution is -2.40. The highest BCUT2D eigenvalue weighted by Gasteiger charge is 2.30. The Morgan fingerprint density at radius 1 is 1.10 bits per heavy atom. The van der Waals surface area contributed by atoms with Gasteiger partial charge in [0, 0.05) is 17.6 Å². The molecule has 112 valence electrons. The molecule has 1 saturated carbocycles. The summed E-state index contributed by atoms with van der Waals surface area (Å²) in [6, 6.07) is 8.63. The third-order valence-electron chi connectivity index (χ3n) is 4.57. The number of hydrogen-bond acceptors (Lipinski definition) is 2. The Kier molecular flexibility index (Phi) is 6.06. The molecule has 1 aromatic rings. The van der Waals surface area contributed by atoms with Crippen LogP contribution in [0.4, 0.5) is 0 Å². The molecule has 0 aliphatic heterocycles. The number of hydrogen-bond donors (Lipinski definition) is 1. The minimum absolute atomic E-state index is 0.348. The molecule has 0 heterocycles. The maximum absolute atomic E-state index is 6.14. The van der Waals surface area contributed by atoms with Crippen molar-refractivity contribution in [3.8, 4) is 0 Å². The zero-order chi connectivity index (χ0) is 14.4. The van der Waals surface area contributed by atoms with Crippen molar-refractivity contribution in [2.45, 2.75) is 45.1 Å². The Bertz CT molecular complexity index is 394. The lowest BCUT2D eigenvalue weighted by atomic mass is 9.80. The maximum Gasteiger partial charge on any atom is 0.0230 e. The van der Waals surface area contributed by atoms with Gasteiger partial charge >= 0.3 is 0 Å². The van der Waals surface area contributed by atoms with Gasteiger partial charge in [-0.3, -0.25) is 0 Å². The third kappa shape index (κ3) is 4.57. The van der Waals surface area contributed by atoms with Gasteiger partial charge in [-0.05, 0) is 49.5 Å². The van der Waals surface area contributed by atoms with E-state index in [0.717, 1.165) is 24.1 Å². The second kappa shape index (κ2) is 7.58. The number of nitrogens with zero attached hydrogens (tertiary/aromatic N) is 1. The lowest BCUT2D eigenvalue weighted by molar-refractivity contribution is 0.153. The van der Waals surface area contributed by atoms with Crippen LogP contribution < -0.4 is 5.73 Å². The molecule has 3 heteroatoms. The van der Waals surface area contributed by atoms with Gasteiger partial charge in [-0.15, -0.1) is 0 Å². The molecule has 1 aliphatic carbocycles. The summed E-state index contributed by atoms with van der Waals surface area (Å²) >= 11 is 3.49. The zero-order valence-corrected chi connectivity index (χ0v) is 14.2. The van der Waals surface area contributed by atoms with Crippen LogP contribution >= 0.6 is 15.9 Å². The third-order valence-corrected chi connectivity index (χ3v) is 5.10. The minimum Gasteiger partial charge on any atom is -0.330 e. The largest absolute Gasteiger partial charge is 0.330 e. The Morgan fingerprint density at radius 3 is 2.25 bits per heavy atom. The van der Waals surface area contributed by atoms with E-state index in [2.05, 4.69) is 52.1 Å². The van der Waals surface area contributed by atoms with Gasteiger partial charge in [-0.1, -0.05) is 53.7 Å². The van der Waals surface area contributed by atoms with Crippen LogP contribution in [0.5, 0.6) is 0 Å². The van der Waals surface area contributed by atoms with E-state index in [1.807, 2.05) is 0 Å². The molecule has 0 bridgehead atoms. The summed E-state index contributed by atoms with van der Waals surface area (Å²) in [6.45, 7) is 2.96. The predicted molar refractivity (Wildman–Crippen MR) is 89.7 cm³/mol. The average Bonchev–Trinajstić information content (AvgIpc) is 2.67. The van der Waals surface area contributed by atoms with E-state index in [1.54, 1.807) is 0 Å². The Hall–Kier alpha value is -0.380. The summed E-state index contributed by atoms with van der Waals surface area (Å²) in [4.78, 5) is 2.45. The maximum atomic E-state index is 6.14. The van der Waals surface area contributed by atoms with Gasteiger partial charge in [0.2, 0.25) is 0 Å². The molecular weight excluding hydrogens is 312 g/mol. The lowest BCUT2D eigenvalue weighted by Gasteiger charge is -2.35. The Morgan fingerprint density at radius 2 is 1.70 bits per heavy atom. The van der Waals surface area contributed by atoms with Crippen molar-refractivity contribution in [1.29, 1.82) is 0 Å². The fourth-order valence-corrected chi connectivity index (χ4v) is 3.70. The molecule has 0 radical (unpaired) electrons. The highest BCUT2D eigenvalue weighted by Crippen LogP contribution is 2.35. The molecule has 1 aromatic carbocycles. The molecule has 1 aliphatic rings. The smallest absolute Gasteiger partial charge is 0.0230 e. The molecular formula is C17H27BrN2. The monoisotopic (exact) mass is 338 g/mol. The van der Waals surface area contributed by atoms with Gasteiger partial charge in [0.1, 0.15) is 0 Å². The Balaban J connectivity index is 1.94. The molecule has 0 aromatic heterocycles. The minimum atomic E-state index is 0.348. The van der Waals surface area contributed by atoms with Crippen molar-refractivity contribution in [2.75, 3.05) is 20.1 Å². The standard InChI is InChI=1S/C17H27BrN2/c1-20(12-15-6-8-16(18)9-7-15)14-17(13-19)10-4-2-3-5-11-17/h6-9H,2-5,10-14,19H2,1H3.